The van der Waals surface area contributed by atoms with Gasteiger partial charge in [-0.1, -0.05) is 25.0 Å². The number of hydrogen-bond acceptors (Lipinski definition) is 4. The molecule has 4 nitrogen and oxygen atoms in total. The predicted molar refractivity (Wildman–Crippen MR) is 88.2 cm³/mol. The summed E-state index contributed by atoms with van der Waals surface area (Å²) in [4.78, 5) is 8.88. The van der Waals surface area contributed by atoms with Gasteiger partial charge in [-0.2, -0.15) is 0 Å². The summed E-state index contributed by atoms with van der Waals surface area (Å²) in [5.41, 5.74) is 14.8. The highest BCUT2D eigenvalue weighted by Crippen LogP contribution is 2.38. The van der Waals surface area contributed by atoms with Crippen LogP contribution in [-0.2, 0) is 12.8 Å². The first-order chi connectivity index (χ1) is 10.6. The fourth-order valence-electron chi connectivity index (χ4n) is 3.56. The fourth-order valence-corrected chi connectivity index (χ4v) is 3.56. The third-order valence-corrected chi connectivity index (χ3v) is 4.93. The van der Waals surface area contributed by atoms with Crippen LogP contribution in [-0.4, -0.2) is 21.0 Å². The minimum Gasteiger partial charge on any atom is -0.323 e. The van der Waals surface area contributed by atoms with Crippen molar-refractivity contribution < 1.29 is 0 Å². The molecule has 2 unspecified atom stereocenters. The van der Waals surface area contributed by atoms with Gasteiger partial charge >= 0.3 is 0 Å². The Kier molecular flexibility index (Phi) is 4.23. The molecule has 4 N–H and O–H groups in total. The Morgan fingerprint density at radius 1 is 0.773 bits per heavy atom. The minimum absolute atomic E-state index is 0.433. The van der Waals surface area contributed by atoms with E-state index in [0.717, 1.165) is 49.9 Å². The molecule has 2 aromatic rings. The number of aromatic nitrogens is 2. The van der Waals surface area contributed by atoms with E-state index in [1.165, 1.54) is 0 Å². The molecule has 1 aliphatic rings. The Hall–Kier alpha value is -1.78. The maximum Gasteiger partial charge on any atom is 0.0422 e. The lowest BCUT2D eigenvalue weighted by molar-refractivity contribution is 0.143. The van der Waals surface area contributed by atoms with Crippen LogP contribution in [0.1, 0.15) is 37.1 Å². The van der Waals surface area contributed by atoms with Crippen LogP contribution < -0.4 is 11.5 Å². The van der Waals surface area contributed by atoms with Crippen LogP contribution in [0.4, 0.5) is 0 Å². The monoisotopic (exact) mass is 296 g/mol. The van der Waals surface area contributed by atoms with E-state index in [9.17, 15) is 0 Å². The number of nitrogens with two attached hydrogens (primary N) is 2. The van der Waals surface area contributed by atoms with E-state index in [-0.39, 0.29) is 0 Å². The number of pyridine rings is 2. The van der Waals surface area contributed by atoms with Crippen molar-refractivity contribution in [3.8, 4) is 0 Å². The molecule has 0 aromatic carbocycles. The summed E-state index contributed by atoms with van der Waals surface area (Å²) in [5.74, 6) is 0. The average Bonchev–Trinajstić information content (AvgIpc) is 2.53. The SMILES string of the molecule is NC1(Cc2ccccn2)CCCCC1(N)Cc1ccccn1. The number of hydrogen-bond donors (Lipinski definition) is 2. The molecule has 0 spiro atoms. The molecular formula is C18H24N4. The maximum absolute atomic E-state index is 6.82. The molecule has 1 fully saturated rings. The Morgan fingerprint density at radius 2 is 1.23 bits per heavy atom. The van der Waals surface area contributed by atoms with Gasteiger partial charge in [-0.05, 0) is 37.1 Å². The number of rotatable bonds is 4. The summed E-state index contributed by atoms with van der Waals surface area (Å²) >= 11 is 0. The third-order valence-electron chi connectivity index (χ3n) is 4.93. The van der Waals surface area contributed by atoms with E-state index in [0.29, 0.717) is 0 Å². The highest BCUT2D eigenvalue weighted by molar-refractivity contribution is 5.20. The van der Waals surface area contributed by atoms with Gasteiger partial charge < -0.3 is 11.5 Å². The molecule has 2 aromatic heterocycles. The molecule has 3 rings (SSSR count). The van der Waals surface area contributed by atoms with Crippen LogP contribution >= 0.6 is 0 Å². The molecule has 4 heteroatoms. The van der Waals surface area contributed by atoms with Gasteiger partial charge in [0.25, 0.3) is 0 Å². The lowest BCUT2D eigenvalue weighted by atomic mass is 9.64. The molecular weight excluding hydrogens is 272 g/mol. The van der Waals surface area contributed by atoms with Crippen molar-refractivity contribution in [3.63, 3.8) is 0 Å². The van der Waals surface area contributed by atoms with Crippen LogP contribution in [0.25, 0.3) is 0 Å². The first-order valence-electron chi connectivity index (χ1n) is 7.99. The van der Waals surface area contributed by atoms with E-state index in [2.05, 4.69) is 9.97 Å². The lowest BCUT2D eigenvalue weighted by Crippen LogP contribution is -2.69. The van der Waals surface area contributed by atoms with Crippen molar-refractivity contribution in [2.45, 2.75) is 49.6 Å². The zero-order valence-corrected chi connectivity index (χ0v) is 12.9. The molecule has 0 saturated heterocycles. The molecule has 0 amide bonds. The fraction of sp³-hybridized carbons (Fsp3) is 0.444. The summed E-state index contributed by atoms with van der Waals surface area (Å²) in [7, 11) is 0. The second kappa shape index (κ2) is 6.15. The van der Waals surface area contributed by atoms with Crippen molar-refractivity contribution in [3.05, 3.63) is 60.2 Å². The van der Waals surface area contributed by atoms with E-state index in [1.54, 1.807) is 0 Å². The van der Waals surface area contributed by atoms with Gasteiger partial charge in [0.15, 0.2) is 0 Å². The zero-order chi connectivity index (χ0) is 15.5. The molecule has 0 bridgehead atoms. The predicted octanol–water partition coefficient (Wildman–Crippen LogP) is 2.23. The summed E-state index contributed by atoms with van der Waals surface area (Å²) in [6.45, 7) is 0. The van der Waals surface area contributed by atoms with Crippen LogP contribution in [0.5, 0.6) is 0 Å². The topological polar surface area (TPSA) is 77.8 Å². The summed E-state index contributed by atoms with van der Waals surface area (Å²) in [6, 6.07) is 11.9. The van der Waals surface area contributed by atoms with Crippen molar-refractivity contribution in [2.75, 3.05) is 0 Å². The van der Waals surface area contributed by atoms with E-state index < -0.39 is 11.1 Å². The van der Waals surface area contributed by atoms with Gasteiger partial charge in [0.05, 0.1) is 0 Å². The van der Waals surface area contributed by atoms with E-state index in [1.807, 2.05) is 48.8 Å². The zero-order valence-electron chi connectivity index (χ0n) is 12.9. The molecule has 2 atom stereocenters. The Bertz CT molecular complexity index is 545. The van der Waals surface area contributed by atoms with Crippen molar-refractivity contribution >= 4 is 0 Å². The summed E-state index contributed by atoms with van der Waals surface area (Å²) in [5, 5.41) is 0. The maximum atomic E-state index is 6.82. The molecule has 1 aliphatic carbocycles. The van der Waals surface area contributed by atoms with Gasteiger partial charge in [-0.3, -0.25) is 9.97 Å². The largest absolute Gasteiger partial charge is 0.323 e. The molecule has 1 saturated carbocycles. The van der Waals surface area contributed by atoms with E-state index in [4.69, 9.17) is 11.5 Å². The second-order valence-corrected chi connectivity index (χ2v) is 6.52. The van der Waals surface area contributed by atoms with Crippen molar-refractivity contribution in [1.82, 2.24) is 9.97 Å². The highest BCUT2D eigenvalue weighted by atomic mass is 14.9. The minimum atomic E-state index is -0.433. The third kappa shape index (κ3) is 3.03. The molecule has 0 radical (unpaired) electrons. The molecule has 22 heavy (non-hydrogen) atoms. The smallest absolute Gasteiger partial charge is 0.0422 e. The van der Waals surface area contributed by atoms with E-state index >= 15 is 0 Å². The van der Waals surface area contributed by atoms with Crippen molar-refractivity contribution in [1.29, 1.82) is 0 Å². The second-order valence-electron chi connectivity index (χ2n) is 6.52. The molecule has 0 aliphatic heterocycles. The quantitative estimate of drug-likeness (QED) is 0.907. The van der Waals surface area contributed by atoms with Crippen LogP contribution in [0.3, 0.4) is 0 Å². The standard InChI is InChI=1S/C18H24N4/c19-17(13-15-7-1-5-11-21-15)9-3-4-10-18(17,20)14-16-8-2-6-12-22-16/h1-2,5-8,11-12H,3-4,9-10,13-14,19-20H2. The summed E-state index contributed by atoms with van der Waals surface area (Å²) in [6.07, 6.45) is 9.21. The average molecular weight is 296 g/mol. The van der Waals surface area contributed by atoms with Gasteiger partial charge in [-0.25, -0.2) is 0 Å². The molecule has 116 valence electrons. The first kappa shape index (κ1) is 15.1. The van der Waals surface area contributed by atoms with Crippen molar-refractivity contribution in [2.24, 2.45) is 11.5 Å². The highest BCUT2D eigenvalue weighted by Gasteiger charge is 2.47. The van der Waals surface area contributed by atoms with Gasteiger partial charge in [0, 0.05) is 47.7 Å². The summed E-state index contributed by atoms with van der Waals surface area (Å²) < 4.78 is 0. The first-order valence-corrected chi connectivity index (χ1v) is 7.99. The van der Waals surface area contributed by atoms with Gasteiger partial charge in [-0.15, -0.1) is 0 Å². The molecule has 2 heterocycles. The normalized spacial score (nSPS) is 28.5. The van der Waals surface area contributed by atoms with Crippen LogP contribution in [0, 0.1) is 0 Å². The van der Waals surface area contributed by atoms with Gasteiger partial charge in [0.1, 0.15) is 0 Å². The Morgan fingerprint density at radius 3 is 1.59 bits per heavy atom. The Labute approximate surface area is 132 Å². The van der Waals surface area contributed by atoms with Crippen LogP contribution in [0.15, 0.2) is 48.8 Å². The van der Waals surface area contributed by atoms with Gasteiger partial charge in [0.2, 0.25) is 0 Å². The van der Waals surface area contributed by atoms with Crippen LogP contribution in [0.2, 0.25) is 0 Å². The lowest BCUT2D eigenvalue weighted by Gasteiger charge is -2.49. The number of nitrogens with zero attached hydrogens (tertiary/aromatic N) is 2. The Balaban J connectivity index is 1.86.